The van der Waals surface area contributed by atoms with Gasteiger partial charge in [0.05, 0.1) is 30.4 Å². The highest BCUT2D eigenvalue weighted by molar-refractivity contribution is 9.10. The van der Waals surface area contributed by atoms with Crippen molar-refractivity contribution in [1.82, 2.24) is 0 Å². The lowest BCUT2D eigenvalue weighted by Crippen LogP contribution is -2.44. The summed E-state index contributed by atoms with van der Waals surface area (Å²) in [5.74, 6) is 0.808. The van der Waals surface area contributed by atoms with Gasteiger partial charge in [-0.1, -0.05) is 13.0 Å². The van der Waals surface area contributed by atoms with E-state index in [9.17, 15) is 5.11 Å². The standard InChI is InChI=1S/C13H17BrO3/c1-9(15)10-3-4-12(11(14)5-10)17-8-13(2)6-16-7-13/h3-5,9,15H,6-8H2,1-2H3. The quantitative estimate of drug-likeness (QED) is 0.929. The van der Waals surface area contributed by atoms with E-state index in [0.717, 1.165) is 29.0 Å². The first kappa shape index (κ1) is 12.9. The minimum absolute atomic E-state index is 0.141. The smallest absolute Gasteiger partial charge is 0.133 e. The molecule has 1 saturated heterocycles. The molecule has 0 aliphatic carbocycles. The molecule has 1 aromatic carbocycles. The summed E-state index contributed by atoms with van der Waals surface area (Å²) in [6.45, 7) is 6.07. The van der Waals surface area contributed by atoms with Crippen LogP contribution in [0.2, 0.25) is 0 Å². The second kappa shape index (κ2) is 4.96. The van der Waals surface area contributed by atoms with E-state index in [1.165, 1.54) is 0 Å². The third-order valence-corrected chi connectivity index (χ3v) is 3.54. The predicted octanol–water partition coefficient (Wildman–Crippen LogP) is 2.92. The molecule has 0 amide bonds. The van der Waals surface area contributed by atoms with E-state index in [1.807, 2.05) is 18.2 Å². The summed E-state index contributed by atoms with van der Waals surface area (Å²) < 4.78 is 11.8. The molecule has 0 spiro atoms. The number of aliphatic hydroxyl groups excluding tert-OH is 1. The zero-order valence-corrected chi connectivity index (χ0v) is 11.7. The van der Waals surface area contributed by atoms with Crippen LogP contribution in [-0.2, 0) is 4.74 Å². The second-order valence-electron chi connectivity index (χ2n) is 4.96. The lowest BCUT2D eigenvalue weighted by atomic mass is 9.90. The number of aliphatic hydroxyl groups is 1. The fourth-order valence-electron chi connectivity index (χ4n) is 1.68. The molecule has 1 fully saturated rings. The van der Waals surface area contributed by atoms with Gasteiger partial charge in [0.15, 0.2) is 0 Å². The van der Waals surface area contributed by atoms with E-state index >= 15 is 0 Å². The number of halogens is 1. The first-order valence-electron chi connectivity index (χ1n) is 5.68. The number of hydrogen-bond acceptors (Lipinski definition) is 3. The summed E-state index contributed by atoms with van der Waals surface area (Å²) in [5, 5.41) is 9.47. The van der Waals surface area contributed by atoms with Crippen molar-refractivity contribution in [3.63, 3.8) is 0 Å². The summed E-state index contributed by atoms with van der Waals surface area (Å²) in [7, 11) is 0. The third-order valence-electron chi connectivity index (χ3n) is 2.92. The minimum atomic E-state index is -0.460. The molecule has 0 aromatic heterocycles. The molecule has 1 unspecified atom stereocenters. The zero-order valence-electron chi connectivity index (χ0n) is 10.1. The third kappa shape index (κ3) is 3.00. The van der Waals surface area contributed by atoms with Gasteiger partial charge in [-0.15, -0.1) is 0 Å². The summed E-state index contributed by atoms with van der Waals surface area (Å²) >= 11 is 3.46. The highest BCUT2D eigenvalue weighted by Crippen LogP contribution is 2.32. The average molecular weight is 301 g/mol. The molecule has 0 saturated carbocycles. The zero-order chi connectivity index (χ0) is 12.5. The van der Waals surface area contributed by atoms with E-state index in [2.05, 4.69) is 22.9 Å². The van der Waals surface area contributed by atoms with Gasteiger partial charge >= 0.3 is 0 Å². The molecule has 1 heterocycles. The lowest BCUT2D eigenvalue weighted by molar-refractivity contribution is -0.120. The van der Waals surface area contributed by atoms with Gasteiger partial charge in [-0.2, -0.15) is 0 Å². The molecule has 3 nitrogen and oxygen atoms in total. The minimum Gasteiger partial charge on any atom is -0.492 e. The van der Waals surface area contributed by atoms with Crippen LogP contribution in [0.3, 0.4) is 0 Å². The number of ether oxygens (including phenoxy) is 2. The van der Waals surface area contributed by atoms with Gasteiger partial charge < -0.3 is 14.6 Å². The monoisotopic (exact) mass is 300 g/mol. The number of hydrogen-bond donors (Lipinski definition) is 1. The van der Waals surface area contributed by atoms with Crippen molar-refractivity contribution < 1.29 is 14.6 Å². The van der Waals surface area contributed by atoms with Crippen LogP contribution in [0.15, 0.2) is 22.7 Å². The Labute approximate surface area is 110 Å². The Bertz CT molecular complexity index is 400. The number of rotatable bonds is 4. The molecule has 1 N–H and O–H groups in total. The maximum absolute atomic E-state index is 9.47. The van der Waals surface area contributed by atoms with Gasteiger partial charge in [0.1, 0.15) is 5.75 Å². The van der Waals surface area contributed by atoms with Gasteiger partial charge in [0.2, 0.25) is 0 Å². The molecule has 0 radical (unpaired) electrons. The molecular formula is C13H17BrO3. The Morgan fingerprint density at radius 2 is 2.24 bits per heavy atom. The molecule has 1 aromatic rings. The molecule has 1 atom stereocenters. The summed E-state index contributed by atoms with van der Waals surface area (Å²) in [6, 6.07) is 5.65. The Balaban J connectivity index is 2.01. The van der Waals surface area contributed by atoms with Crippen LogP contribution in [0.25, 0.3) is 0 Å². The fourth-order valence-corrected chi connectivity index (χ4v) is 2.19. The normalized spacial score (nSPS) is 19.5. The van der Waals surface area contributed by atoms with Crippen molar-refractivity contribution in [3.8, 4) is 5.75 Å². The molecule has 2 rings (SSSR count). The molecule has 4 heteroatoms. The van der Waals surface area contributed by atoms with Gasteiger partial charge in [0, 0.05) is 5.41 Å². The van der Waals surface area contributed by atoms with Crippen LogP contribution in [0.1, 0.15) is 25.5 Å². The largest absolute Gasteiger partial charge is 0.492 e. The summed E-state index contributed by atoms with van der Waals surface area (Å²) in [4.78, 5) is 0. The topological polar surface area (TPSA) is 38.7 Å². The summed E-state index contributed by atoms with van der Waals surface area (Å²) in [5.41, 5.74) is 1.02. The first-order valence-corrected chi connectivity index (χ1v) is 6.48. The van der Waals surface area contributed by atoms with Crippen LogP contribution in [0.4, 0.5) is 0 Å². The van der Waals surface area contributed by atoms with Crippen molar-refractivity contribution in [3.05, 3.63) is 28.2 Å². The van der Waals surface area contributed by atoms with Crippen LogP contribution >= 0.6 is 15.9 Å². The van der Waals surface area contributed by atoms with Crippen molar-refractivity contribution in [2.24, 2.45) is 5.41 Å². The van der Waals surface area contributed by atoms with Crippen molar-refractivity contribution in [2.75, 3.05) is 19.8 Å². The van der Waals surface area contributed by atoms with Crippen LogP contribution in [-0.4, -0.2) is 24.9 Å². The van der Waals surface area contributed by atoms with E-state index in [-0.39, 0.29) is 5.41 Å². The van der Waals surface area contributed by atoms with Crippen molar-refractivity contribution >= 4 is 15.9 Å². The second-order valence-corrected chi connectivity index (χ2v) is 5.81. The van der Waals surface area contributed by atoms with Gasteiger partial charge in [-0.05, 0) is 40.5 Å². The molecule has 94 valence electrons. The Kier molecular flexibility index (Phi) is 3.76. The predicted molar refractivity (Wildman–Crippen MR) is 69.2 cm³/mol. The maximum atomic E-state index is 9.47. The Morgan fingerprint density at radius 3 is 2.71 bits per heavy atom. The van der Waals surface area contributed by atoms with Gasteiger partial charge in [-0.3, -0.25) is 0 Å². The summed E-state index contributed by atoms with van der Waals surface area (Å²) in [6.07, 6.45) is -0.460. The maximum Gasteiger partial charge on any atom is 0.133 e. The number of benzene rings is 1. The highest BCUT2D eigenvalue weighted by Gasteiger charge is 2.34. The Hall–Kier alpha value is -0.580. The van der Waals surface area contributed by atoms with Crippen LogP contribution in [0.5, 0.6) is 5.75 Å². The van der Waals surface area contributed by atoms with E-state index < -0.39 is 6.10 Å². The van der Waals surface area contributed by atoms with E-state index in [4.69, 9.17) is 9.47 Å². The van der Waals surface area contributed by atoms with Crippen molar-refractivity contribution in [1.29, 1.82) is 0 Å². The molecule has 0 bridgehead atoms. The fraction of sp³-hybridized carbons (Fsp3) is 0.538. The molecule has 1 aliphatic heterocycles. The Morgan fingerprint density at radius 1 is 1.53 bits per heavy atom. The van der Waals surface area contributed by atoms with Crippen molar-refractivity contribution in [2.45, 2.75) is 20.0 Å². The van der Waals surface area contributed by atoms with Crippen LogP contribution < -0.4 is 4.74 Å². The first-order chi connectivity index (χ1) is 8.00. The lowest BCUT2D eigenvalue weighted by Gasteiger charge is -2.37. The molecule has 17 heavy (non-hydrogen) atoms. The van der Waals surface area contributed by atoms with Crippen LogP contribution in [0, 0.1) is 5.41 Å². The van der Waals surface area contributed by atoms with Gasteiger partial charge in [0.25, 0.3) is 0 Å². The van der Waals surface area contributed by atoms with E-state index in [1.54, 1.807) is 6.92 Å². The molecule has 1 aliphatic rings. The average Bonchev–Trinajstić information content (AvgIpc) is 2.24. The highest BCUT2D eigenvalue weighted by atomic mass is 79.9. The van der Waals surface area contributed by atoms with E-state index in [0.29, 0.717) is 6.61 Å². The SMILES string of the molecule is CC(O)c1ccc(OCC2(C)COC2)c(Br)c1. The van der Waals surface area contributed by atoms with Gasteiger partial charge in [-0.25, -0.2) is 0 Å². The molecular weight excluding hydrogens is 284 g/mol.